The summed E-state index contributed by atoms with van der Waals surface area (Å²) in [6.07, 6.45) is 2.54. The fraction of sp³-hybridized carbons (Fsp3) is 0.562. The number of likely N-dealkylation sites (tertiary alicyclic amines) is 1. The summed E-state index contributed by atoms with van der Waals surface area (Å²) in [6, 6.07) is 7.07. The van der Waals surface area contributed by atoms with Crippen molar-refractivity contribution in [2.24, 2.45) is 11.3 Å². The first-order valence-corrected chi connectivity index (χ1v) is 7.46. The van der Waals surface area contributed by atoms with Gasteiger partial charge in [-0.3, -0.25) is 15.1 Å². The van der Waals surface area contributed by atoms with E-state index < -0.39 is 0 Å². The molecular formula is C16H25N3O2. The lowest BCUT2D eigenvalue weighted by Crippen LogP contribution is -2.41. The third-order valence-electron chi connectivity index (χ3n) is 3.88. The minimum Gasteiger partial charge on any atom is -0.492 e. The molecule has 5 nitrogen and oxygen atoms in total. The maximum absolute atomic E-state index is 11.5. The van der Waals surface area contributed by atoms with Crippen molar-refractivity contribution < 1.29 is 9.53 Å². The van der Waals surface area contributed by atoms with Gasteiger partial charge in [-0.2, -0.15) is 0 Å². The first-order chi connectivity index (χ1) is 10.00. The molecule has 0 atom stereocenters. The van der Waals surface area contributed by atoms with Crippen molar-refractivity contribution in [1.82, 2.24) is 10.3 Å². The van der Waals surface area contributed by atoms with E-state index in [2.05, 4.69) is 24.2 Å². The van der Waals surface area contributed by atoms with Crippen molar-refractivity contribution in [2.45, 2.75) is 26.7 Å². The number of hydrazine groups is 1. The minimum absolute atomic E-state index is 0.307. The number of hydrogen-bond donors (Lipinski definition) is 2. The number of carbonyl (C=O) groups is 1. The number of nitrogens with two attached hydrogens (primary N) is 1. The Balaban J connectivity index is 1.82. The standard InChI is InChI=1S/C16H25N3O2/c1-16(2)7-4-8-19(12-16)9-10-21-14-6-3-5-13(11-14)15(20)18-17/h3,5-6,11H,4,7-10,12,17H2,1-2H3,(H,18,20). The summed E-state index contributed by atoms with van der Waals surface area (Å²) in [5, 5.41) is 0. The van der Waals surface area contributed by atoms with Gasteiger partial charge in [0.25, 0.3) is 5.91 Å². The molecule has 1 aliphatic rings. The molecule has 0 unspecified atom stereocenters. The second kappa shape index (κ2) is 6.91. The fourth-order valence-electron chi connectivity index (χ4n) is 2.84. The predicted molar refractivity (Wildman–Crippen MR) is 83.0 cm³/mol. The lowest BCUT2D eigenvalue weighted by Gasteiger charge is -2.37. The van der Waals surface area contributed by atoms with Gasteiger partial charge < -0.3 is 4.74 Å². The highest BCUT2D eigenvalue weighted by Gasteiger charge is 2.25. The highest BCUT2D eigenvalue weighted by molar-refractivity contribution is 5.94. The Morgan fingerprint density at radius 2 is 2.29 bits per heavy atom. The second-order valence-corrected chi connectivity index (χ2v) is 6.39. The predicted octanol–water partition coefficient (Wildman–Crippen LogP) is 1.79. The van der Waals surface area contributed by atoms with E-state index in [4.69, 9.17) is 10.6 Å². The first kappa shape index (κ1) is 15.8. The van der Waals surface area contributed by atoms with E-state index in [9.17, 15) is 4.79 Å². The van der Waals surface area contributed by atoms with E-state index in [0.29, 0.717) is 23.3 Å². The number of amides is 1. The number of hydrogen-bond acceptors (Lipinski definition) is 4. The topological polar surface area (TPSA) is 67.6 Å². The molecule has 5 heteroatoms. The molecule has 3 N–H and O–H groups in total. The Bertz CT molecular complexity index is 488. The number of piperidine rings is 1. The molecular weight excluding hydrogens is 266 g/mol. The molecule has 0 aromatic heterocycles. The fourth-order valence-corrected chi connectivity index (χ4v) is 2.84. The van der Waals surface area contributed by atoms with Gasteiger partial charge in [0.2, 0.25) is 0 Å². The molecule has 1 aliphatic heterocycles. The van der Waals surface area contributed by atoms with Crippen molar-refractivity contribution in [3.8, 4) is 5.75 Å². The van der Waals surface area contributed by atoms with Gasteiger partial charge in [0.1, 0.15) is 12.4 Å². The van der Waals surface area contributed by atoms with Crippen LogP contribution in [0, 0.1) is 5.41 Å². The Morgan fingerprint density at radius 3 is 3.00 bits per heavy atom. The van der Waals surface area contributed by atoms with Crippen LogP contribution in [0.25, 0.3) is 0 Å². The molecule has 21 heavy (non-hydrogen) atoms. The second-order valence-electron chi connectivity index (χ2n) is 6.39. The number of benzene rings is 1. The van der Waals surface area contributed by atoms with E-state index in [-0.39, 0.29) is 5.91 Å². The zero-order chi connectivity index (χ0) is 15.3. The smallest absolute Gasteiger partial charge is 0.265 e. The lowest BCUT2D eigenvalue weighted by atomic mass is 9.84. The molecule has 1 fully saturated rings. The van der Waals surface area contributed by atoms with Crippen LogP contribution in [0.15, 0.2) is 24.3 Å². The quantitative estimate of drug-likeness (QED) is 0.493. The van der Waals surface area contributed by atoms with E-state index in [0.717, 1.165) is 19.6 Å². The summed E-state index contributed by atoms with van der Waals surface area (Å²) in [5.41, 5.74) is 3.03. The Kier molecular flexibility index (Phi) is 5.20. The van der Waals surface area contributed by atoms with Gasteiger partial charge in [-0.1, -0.05) is 19.9 Å². The molecule has 1 heterocycles. The van der Waals surface area contributed by atoms with Crippen molar-refractivity contribution >= 4 is 5.91 Å². The number of nitrogen functional groups attached to an aromatic ring is 1. The lowest BCUT2D eigenvalue weighted by molar-refractivity contribution is 0.0951. The molecule has 2 rings (SSSR count). The highest BCUT2D eigenvalue weighted by Crippen LogP contribution is 2.28. The van der Waals surface area contributed by atoms with Gasteiger partial charge in [0.15, 0.2) is 0 Å². The molecule has 1 aromatic rings. The van der Waals surface area contributed by atoms with Crippen molar-refractivity contribution in [3.63, 3.8) is 0 Å². The van der Waals surface area contributed by atoms with Gasteiger partial charge in [-0.15, -0.1) is 0 Å². The maximum Gasteiger partial charge on any atom is 0.265 e. The number of nitrogens with one attached hydrogen (secondary N) is 1. The summed E-state index contributed by atoms with van der Waals surface area (Å²) in [5.74, 6) is 5.52. The number of carbonyl (C=O) groups excluding carboxylic acids is 1. The number of nitrogens with zero attached hydrogens (tertiary/aromatic N) is 1. The first-order valence-electron chi connectivity index (χ1n) is 7.46. The van der Waals surface area contributed by atoms with Crippen molar-refractivity contribution in [2.75, 3.05) is 26.2 Å². The summed E-state index contributed by atoms with van der Waals surface area (Å²) in [4.78, 5) is 13.9. The zero-order valence-corrected chi connectivity index (χ0v) is 12.9. The molecule has 1 saturated heterocycles. The molecule has 0 radical (unpaired) electrons. The SMILES string of the molecule is CC1(C)CCCN(CCOc2cccc(C(=O)NN)c2)C1. The molecule has 1 aromatic carbocycles. The molecule has 0 bridgehead atoms. The number of ether oxygens (including phenoxy) is 1. The molecule has 116 valence electrons. The summed E-state index contributed by atoms with van der Waals surface area (Å²) in [6.45, 7) is 8.43. The van der Waals surface area contributed by atoms with Gasteiger partial charge >= 0.3 is 0 Å². The average molecular weight is 291 g/mol. The van der Waals surface area contributed by atoms with Gasteiger partial charge in [0, 0.05) is 18.7 Å². The largest absolute Gasteiger partial charge is 0.492 e. The summed E-state index contributed by atoms with van der Waals surface area (Å²) < 4.78 is 5.75. The Morgan fingerprint density at radius 1 is 1.48 bits per heavy atom. The Hall–Kier alpha value is -1.59. The van der Waals surface area contributed by atoms with E-state index >= 15 is 0 Å². The Labute approximate surface area is 126 Å². The van der Waals surface area contributed by atoms with Crippen LogP contribution in [0.4, 0.5) is 0 Å². The van der Waals surface area contributed by atoms with Crippen LogP contribution in [0.2, 0.25) is 0 Å². The van der Waals surface area contributed by atoms with Crippen LogP contribution in [-0.2, 0) is 0 Å². The monoisotopic (exact) mass is 291 g/mol. The third-order valence-corrected chi connectivity index (χ3v) is 3.88. The molecule has 0 aliphatic carbocycles. The van der Waals surface area contributed by atoms with E-state index in [1.807, 2.05) is 6.07 Å². The normalized spacial score (nSPS) is 18.2. The summed E-state index contributed by atoms with van der Waals surface area (Å²) in [7, 11) is 0. The van der Waals surface area contributed by atoms with Crippen LogP contribution in [0.3, 0.4) is 0 Å². The zero-order valence-electron chi connectivity index (χ0n) is 12.9. The average Bonchev–Trinajstić information content (AvgIpc) is 2.46. The van der Waals surface area contributed by atoms with Crippen LogP contribution in [0.5, 0.6) is 5.75 Å². The van der Waals surface area contributed by atoms with Crippen LogP contribution < -0.4 is 16.0 Å². The third kappa shape index (κ3) is 4.72. The van der Waals surface area contributed by atoms with Gasteiger partial charge in [-0.25, -0.2) is 5.84 Å². The van der Waals surface area contributed by atoms with Gasteiger partial charge in [-0.05, 0) is 43.0 Å². The minimum atomic E-state index is -0.307. The van der Waals surface area contributed by atoms with Crippen LogP contribution in [0.1, 0.15) is 37.0 Å². The van der Waals surface area contributed by atoms with Crippen molar-refractivity contribution in [1.29, 1.82) is 0 Å². The highest BCUT2D eigenvalue weighted by atomic mass is 16.5. The van der Waals surface area contributed by atoms with Crippen molar-refractivity contribution in [3.05, 3.63) is 29.8 Å². The molecule has 0 saturated carbocycles. The maximum atomic E-state index is 11.5. The number of rotatable bonds is 5. The van der Waals surface area contributed by atoms with Gasteiger partial charge in [0.05, 0.1) is 0 Å². The summed E-state index contributed by atoms with van der Waals surface area (Å²) >= 11 is 0. The van der Waals surface area contributed by atoms with E-state index in [1.54, 1.807) is 18.2 Å². The molecule has 1 amide bonds. The van der Waals surface area contributed by atoms with E-state index in [1.165, 1.54) is 12.8 Å². The van der Waals surface area contributed by atoms with Crippen LogP contribution in [-0.4, -0.2) is 37.0 Å². The van der Waals surface area contributed by atoms with Crippen LogP contribution >= 0.6 is 0 Å². The molecule has 0 spiro atoms.